The quantitative estimate of drug-likeness (QED) is 0.423. The van der Waals surface area contributed by atoms with E-state index in [0.717, 1.165) is 17.7 Å². The lowest BCUT2D eigenvalue weighted by molar-refractivity contribution is 0.153. The van der Waals surface area contributed by atoms with Crippen molar-refractivity contribution in [1.29, 1.82) is 0 Å². The van der Waals surface area contributed by atoms with Crippen molar-refractivity contribution >= 4 is 11.0 Å². The fourth-order valence-corrected chi connectivity index (χ4v) is 3.46. The van der Waals surface area contributed by atoms with Crippen LogP contribution in [0.15, 0.2) is 54.6 Å². The van der Waals surface area contributed by atoms with Crippen molar-refractivity contribution in [2.24, 2.45) is 0 Å². The number of halogens is 2. The Labute approximate surface area is 167 Å². The van der Waals surface area contributed by atoms with Crippen LogP contribution in [-0.4, -0.2) is 21.9 Å². The molecule has 0 aliphatic rings. The van der Waals surface area contributed by atoms with Gasteiger partial charge in [0.1, 0.15) is 5.75 Å². The van der Waals surface area contributed by atoms with Gasteiger partial charge in [0.05, 0.1) is 29.6 Å². The first-order chi connectivity index (χ1) is 14.0. The number of aryl methyl sites for hydroxylation is 2. The SMILES string of the molecule is CCc1ccc(-c2cc(C(F)F)c3c(C)nn(-c4ccc(OC)cc4)c3n2)cc1. The average Bonchev–Trinajstić information content (AvgIpc) is 3.09. The summed E-state index contributed by atoms with van der Waals surface area (Å²) in [7, 11) is 1.59. The number of aromatic nitrogens is 3. The molecule has 0 unspecified atom stereocenters. The van der Waals surface area contributed by atoms with Crippen LogP contribution in [0.4, 0.5) is 8.78 Å². The Morgan fingerprint density at radius 1 is 1.03 bits per heavy atom. The van der Waals surface area contributed by atoms with Crippen LogP contribution in [-0.2, 0) is 6.42 Å². The predicted molar refractivity (Wildman–Crippen MR) is 110 cm³/mol. The molecule has 2 heterocycles. The number of rotatable bonds is 5. The Morgan fingerprint density at radius 3 is 2.31 bits per heavy atom. The molecule has 0 N–H and O–H groups in total. The number of fused-ring (bicyclic) bond motifs is 1. The minimum atomic E-state index is -2.62. The third-order valence-corrected chi connectivity index (χ3v) is 5.05. The van der Waals surface area contributed by atoms with Gasteiger partial charge in [0.15, 0.2) is 5.65 Å². The first-order valence-electron chi connectivity index (χ1n) is 9.44. The van der Waals surface area contributed by atoms with Crippen LogP contribution in [0.5, 0.6) is 5.75 Å². The van der Waals surface area contributed by atoms with Gasteiger partial charge in [-0.25, -0.2) is 18.4 Å². The molecule has 0 saturated heterocycles. The Kier molecular flexibility index (Phi) is 5.01. The molecule has 0 aliphatic heterocycles. The maximum atomic E-state index is 13.9. The van der Waals surface area contributed by atoms with Crippen molar-refractivity contribution in [2.45, 2.75) is 26.7 Å². The summed E-state index contributed by atoms with van der Waals surface area (Å²) >= 11 is 0. The highest BCUT2D eigenvalue weighted by Gasteiger charge is 2.21. The lowest BCUT2D eigenvalue weighted by Crippen LogP contribution is -2.00. The number of benzene rings is 2. The molecule has 0 spiro atoms. The molecular weight excluding hydrogens is 372 g/mol. The number of nitrogens with zero attached hydrogens (tertiary/aromatic N) is 3. The fourth-order valence-electron chi connectivity index (χ4n) is 3.46. The summed E-state index contributed by atoms with van der Waals surface area (Å²) in [5.74, 6) is 0.708. The van der Waals surface area contributed by atoms with Crippen molar-refractivity contribution in [2.75, 3.05) is 7.11 Å². The minimum absolute atomic E-state index is 0.0539. The average molecular weight is 393 g/mol. The number of ether oxygens (including phenoxy) is 1. The first kappa shape index (κ1) is 19.1. The maximum absolute atomic E-state index is 13.9. The third kappa shape index (κ3) is 3.46. The molecule has 0 saturated carbocycles. The molecule has 2 aromatic heterocycles. The summed E-state index contributed by atoms with van der Waals surface area (Å²) in [5, 5.41) is 4.89. The molecule has 0 bridgehead atoms. The van der Waals surface area contributed by atoms with E-state index in [1.165, 1.54) is 11.6 Å². The second-order valence-electron chi connectivity index (χ2n) is 6.84. The summed E-state index contributed by atoms with van der Waals surface area (Å²) in [4.78, 5) is 4.72. The number of hydrogen-bond acceptors (Lipinski definition) is 3. The Hall–Kier alpha value is -3.28. The molecule has 29 heavy (non-hydrogen) atoms. The largest absolute Gasteiger partial charge is 0.497 e. The summed E-state index contributed by atoms with van der Waals surface area (Å²) in [5.41, 5.74) is 4.10. The monoisotopic (exact) mass is 393 g/mol. The number of hydrogen-bond donors (Lipinski definition) is 0. The molecule has 4 rings (SSSR count). The van der Waals surface area contributed by atoms with E-state index in [9.17, 15) is 8.78 Å². The molecule has 4 nitrogen and oxygen atoms in total. The van der Waals surface area contributed by atoms with Crippen LogP contribution < -0.4 is 4.74 Å². The fraction of sp³-hybridized carbons (Fsp3) is 0.217. The molecule has 0 radical (unpaired) electrons. The van der Waals surface area contributed by atoms with Gasteiger partial charge in [0, 0.05) is 11.1 Å². The van der Waals surface area contributed by atoms with E-state index < -0.39 is 6.43 Å². The van der Waals surface area contributed by atoms with E-state index in [2.05, 4.69) is 12.0 Å². The van der Waals surface area contributed by atoms with Gasteiger partial charge >= 0.3 is 0 Å². The topological polar surface area (TPSA) is 39.9 Å². The number of pyridine rings is 1. The standard InChI is InChI=1S/C23H21F2N3O/c1-4-15-5-7-16(8-6-15)20-13-19(22(24)25)21-14(2)27-28(23(21)26-20)17-9-11-18(29-3)12-10-17/h5-13,22H,4H2,1-3H3. The van der Waals surface area contributed by atoms with E-state index in [1.807, 2.05) is 36.4 Å². The minimum Gasteiger partial charge on any atom is -0.497 e. The zero-order valence-corrected chi connectivity index (χ0v) is 16.5. The van der Waals surface area contributed by atoms with Crippen molar-refractivity contribution in [3.8, 4) is 22.7 Å². The molecule has 0 amide bonds. The van der Waals surface area contributed by atoms with Gasteiger partial charge in [-0.1, -0.05) is 31.2 Å². The molecule has 0 aliphatic carbocycles. The normalized spacial score (nSPS) is 11.4. The van der Waals surface area contributed by atoms with Gasteiger partial charge in [0.2, 0.25) is 0 Å². The van der Waals surface area contributed by atoms with Crippen molar-refractivity contribution in [3.05, 3.63) is 71.4 Å². The van der Waals surface area contributed by atoms with Crippen molar-refractivity contribution < 1.29 is 13.5 Å². The third-order valence-electron chi connectivity index (χ3n) is 5.05. The number of methoxy groups -OCH3 is 1. The molecule has 6 heteroatoms. The summed E-state index contributed by atoms with van der Waals surface area (Å²) in [6.07, 6.45) is -1.71. The van der Waals surface area contributed by atoms with Crippen LogP contribution in [0.2, 0.25) is 0 Å². The number of alkyl halides is 2. The lowest BCUT2D eigenvalue weighted by atomic mass is 10.0. The highest BCUT2D eigenvalue weighted by molar-refractivity contribution is 5.86. The molecule has 2 aromatic carbocycles. The molecule has 4 aromatic rings. The van der Waals surface area contributed by atoms with E-state index in [0.29, 0.717) is 28.2 Å². The molecule has 148 valence electrons. The van der Waals surface area contributed by atoms with Crippen molar-refractivity contribution in [1.82, 2.24) is 14.8 Å². The summed E-state index contributed by atoms with van der Waals surface area (Å²) in [6, 6.07) is 16.6. The zero-order chi connectivity index (χ0) is 20.5. The van der Waals surface area contributed by atoms with Gasteiger partial charge in [-0.3, -0.25) is 0 Å². The van der Waals surface area contributed by atoms with E-state index >= 15 is 0 Å². The predicted octanol–water partition coefficient (Wildman–Crippen LogP) is 5.90. The smallest absolute Gasteiger partial charge is 0.264 e. The molecule has 0 atom stereocenters. The highest BCUT2D eigenvalue weighted by atomic mass is 19.3. The van der Waals surface area contributed by atoms with Crippen LogP contribution in [0, 0.1) is 6.92 Å². The molecular formula is C23H21F2N3O. The second-order valence-corrected chi connectivity index (χ2v) is 6.84. The van der Waals surface area contributed by atoms with Crippen molar-refractivity contribution in [3.63, 3.8) is 0 Å². The summed E-state index contributed by atoms with van der Waals surface area (Å²) < 4.78 is 34.7. The first-order valence-corrected chi connectivity index (χ1v) is 9.44. The van der Waals surface area contributed by atoms with Gasteiger partial charge in [-0.15, -0.1) is 0 Å². The van der Waals surface area contributed by atoms with Crippen LogP contribution in [0.3, 0.4) is 0 Å². The van der Waals surface area contributed by atoms with E-state index in [1.54, 1.807) is 30.8 Å². The van der Waals surface area contributed by atoms with Gasteiger partial charge in [-0.2, -0.15) is 5.10 Å². The van der Waals surface area contributed by atoms with Crippen LogP contribution in [0.1, 0.15) is 30.2 Å². The Balaban J connectivity index is 1.94. The van der Waals surface area contributed by atoms with Gasteiger partial charge in [-0.05, 0) is 49.2 Å². The summed E-state index contributed by atoms with van der Waals surface area (Å²) in [6.45, 7) is 3.80. The molecule has 0 fully saturated rings. The Morgan fingerprint density at radius 2 is 1.72 bits per heavy atom. The van der Waals surface area contributed by atoms with Crippen LogP contribution >= 0.6 is 0 Å². The van der Waals surface area contributed by atoms with Gasteiger partial charge in [0.25, 0.3) is 6.43 Å². The van der Waals surface area contributed by atoms with E-state index in [4.69, 9.17) is 9.72 Å². The maximum Gasteiger partial charge on any atom is 0.264 e. The Bertz CT molecular complexity index is 1150. The lowest BCUT2D eigenvalue weighted by Gasteiger charge is -2.10. The van der Waals surface area contributed by atoms with Gasteiger partial charge < -0.3 is 4.74 Å². The zero-order valence-electron chi connectivity index (χ0n) is 16.5. The second kappa shape index (κ2) is 7.62. The van der Waals surface area contributed by atoms with Crippen LogP contribution in [0.25, 0.3) is 28.0 Å². The van der Waals surface area contributed by atoms with E-state index in [-0.39, 0.29) is 5.56 Å². The highest BCUT2D eigenvalue weighted by Crippen LogP contribution is 2.34.